The predicted molar refractivity (Wildman–Crippen MR) is 64.5 cm³/mol. The SMILES string of the molecule is CCCC(=O)Nc1ccccc1OCCN. The van der Waals surface area contributed by atoms with Gasteiger partial charge in [-0.1, -0.05) is 19.1 Å². The van der Waals surface area contributed by atoms with Crippen LogP contribution >= 0.6 is 0 Å². The van der Waals surface area contributed by atoms with Crippen LogP contribution < -0.4 is 15.8 Å². The lowest BCUT2D eigenvalue weighted by Crippen LogP contribution is -2.14. The second kappa shape index (κ2) is 6.85. The second-order valence-electron chi connectivity index (χ2n) is 3.43. The summed E-state index contributed by atoms with van der Waals surface area (Å²) in [7, 11) is 0. The van der Waals surface area contributed by atoms with Crippen LogP contribution in [-0.2, 0) is 4.79 Å². The average Bonchev–Trinajstić information content (AvgIpc) is 2.28. The van der Waals surface area contributed by atoms with Crippen molar-refractivity contribution in [2.75, 3.05) is 18.5 Å². The standard InChI is InChI=1S/C12H18N2O2/c1-2-5-12(15)14-10-6-3-4-7-11(10)16-9-8-13/h3-4,6-7H,2,5,8-9,13H2,1H3,(H,14,15). The summed E-state index contributed by atoms with van der Waals surface area (Å²) in [5.74, 6) is 0.670. The quantitative estimate of drug-likeness (QED) is 0.771. The third kappa shape index (κ3) is 3.90. The number of carbonyl (C=O) groups excluding carboxylic acids is 1. The van der Waals surface area contributed by atoms with E-state index in [4.69, 9.17) is 10.5 Å². The molecular formula is C12H18N2O2. The van der Waals surface area contributed by atoms with Crippen LogP contribution in [0.3, 0.4) is 0 Å². The van der Waals surface area contributed by atoms with Crippen LogP contribution in [0.1, 0.15) is 19.8 Å². The molecule has 0 atom stereocenters. The first-order chi connectivity index (χ1) is 7.77. The molecule has 0 aliphatic carbocycles. The molecule has 0 heterocycles. The van der Waals surface area contributed by atoms with Gasteiger partial charge in [-0.25, -0.2) is 0 Å². The highest BCUT2D eigenvalue weighted by Crippen LogP contribution is 2.23. The number of carbonyl (C=O) groups is 1. The lowest BCUT2D eigenvalue weighted by Gasteiger charge is -2.11. The van der Waals surface area contributed by atoms with Gasteiger partial charge in [0.25, 0.3) is 0 Å². The van der Waals surface area contributed by atoms with E-state index >= 15 is 0 Å². The maximum absolute atomic E-state index is 11.4. The number of para-hydroxylation sites is 2. The highest BCUT2D eigenvalue weighted by molar-refractivity contribution is 5.92. The number of hydrogen-bond donors (Lipinski definition) is 2. The molecule has 1 amide bonds. The van der Waals surface area contributed by atoms with Gasteiger partial charge in [0.15, 0.2) is 0 Å². The summed E-state index contributed by atoms with van der Waals surface area (Å²) in [4.78, 5) is 11.4. The number of hydrogen-bond acceptors (Lipinski definition) is 3. The molecule has 4 nitrogen and oxygen atoms in total. The van der Waals surface area contributed by atoms with Crippen LogP contribution in [0.5, 0.6) is 5.75 Å². The smallest absolute Gasteiger partial charge is 0.224 e. The van der Waals surface area contributed by atoms with Gasteiger partial charge in [0.05, 0.1) is 5.69 Å². The van der Waals surface area contributed by atoms with Crippen LogP contribution in [0.15, 0.2) is 24.3 Å². The summed E-state index contributed by atoms with van der Waals surface area (Å²) in [6.07, 6.45) is 1.35. The van der Waals surface area contributed by atoms with E-state index in [9.17, 15) is 4.79 Å². The van der Waals surface area contributed by atoms with E-state index in [1.54, 1.807) is 0 Å². The summed E-state index contributed by atoms with van der Waals surface area (Å²) in [6, 6.07) is 7.36. The molecule has 0 aromatic heterocycles. The number of amides is 1. The Morgan fingerprint density at radius 3 is 2.88 bits per heavy atom. The maximum atomic E-state index is 11.4. The van der Waals surface area contributed by atoms with Gasteiger partial charge in [0.1, 0.15) is 12.4 Å². The largest absolute Gasteiger partial charge is 0.490 e. The first kappa shape index (κ1) is 12.5. The van der Waals surface area contributed by atoms with Gasteiger partial charge in [-0.2, -0.15) is 0 Å². The van der Waals surface area contributed by atoms with Crippen molar-refractivity contribution in [2.45, 2.75) is 19.8 Å². The van der Waals surface area contributed by atoms with Crippen molar-refractivity contribution in [1.29, 1.82) is 0 Å². The molecule has 0 fully saturated rings. The zero-order chi connectivity index (χ0) is 11.8. The minimum Gasteiger partial charge on any atom is -0.490 e. The van der Waals surface area contributed by atoms with Gasteiger partial charge in [-0.05, 0) is 18.6 Å². The Hall–Kier alpha value is -1.55. The molecule has 0 unspecified atom stereocenters. The summed E-state index contributed by atoms with van der Waals surface area (Å²) in [5.41, 5.74) is 6.07. The van der Waals surface area contributed by atoms with Crippen molar-refractivity contribution in [3.8, 4) is 5.75 Å². The van der Waals surface area contributed by atoms with E-state index in [1.165, 1.54) is 0 Å². The molecule has 1 aromatic rings. The predicted octanol–water partition coefficient (Wildman–Crippen LogP) is 1.76. The van der Waals surface area contributed by atoms with E-state index in [0.717, 1.165) is 6.42 Å². The Balaban J connectivity index is 2.66. The first-order valence-corrected chi connectivity index (χ1v) is 5.49. The lowest BCUT2D eigenvalue weighted by molar-refractivity contribution is -0.116. The molecule has 0 saturated carbocycles. The van der Waals surface area contributed by atoms with Crippen molar-refractivity contribution in [1.82, 2.24) is 0 Å². The molecule has 0 aliphatic heterocycles. The van der Waals surface area contributed by atoms with Crippen molar-refractivity contribution < 1.29 is 9.53 Å². The first-order valence-electron chi connectivity index (χ1n) is 5.49. The van der Waals surface area contributed by atoms with Gasteiger partial charge >= 0.3 is 0 Å². The molecule has 1 rings (SSSR count). The minimum absolute atomic E-state index is 0.00583. The molecule has 0 bridgehead atoms. The molecule has 1 aromatic carbocycles. The van der Waals surface area contributed by atoms with Crippen molar-refractivity contribution in [3.05, 3.63) is 24.3 Å². The van der Waals surface area contributed by atoms with E-state index in [2.05, 4.69) is 5.32 Å². The fourth-order valence-corrected chi connectivity index (χ4v) is 1.30. The Morgan fingerprint density at radius 2 is 2.19 bits per heavy atom. The van der Waals surface area contributed by atoms with Crippen molar-refractivity contribution in [2.24, 2.45) is 5.73 Å². The second-order valence-corrected chi connectivity index (χ2v) is 3.43. The van der Waals surface area contributed by atoms with E-state index < -0.39 is 0 Å². The molecule has 16 heavy (non-hydrogen) atoms. The van der Waals surface area contributed by atoms with Gasteiger partial charge in [-0.15, -0.1) is 0 Å². The van der Waals surface area contributed by atoms with Gasteiger partial charge in [-0.3, -0.25) is 4.79 Å². The fraction of sp³-hybridized carbons (Fsp3) is 0.417. The van der Waals surface area contributed by atoms with Crippen LogP contribution in [0.4, 0.5) is 5.69 Å². The molecule has 4 heteroatoms. The third-order valence-electron chi connectivity index (χ3n) is 2.01. The molecule has 0 radical (unpaired) electrons. The van der Waals surface area contributed by atoms with Gasteiger partial charge in [0, 0.05) is 13.0 Å². The third-order valence-corrected chi connectivity index (χ3v) is 2.01. The van der Waals surface area contributed by atoms with Gasteiger partial charge < -0.3 is 15.8 Å². The van der Waals surface area contributed by atoms with Crippen LogP contribution in [0.2, 0.25) is 0 Å². The Labute approximate surface area is 95.8 Å². The zero-order valence-corrected chi connectivity index (χ0v) is 9.53. The summed E-state index contributed by atoms with van der Waals surface area (Å²) in [6.45, 7) is 2.87. The molecule has 0 aliphatic rings. The van der Waals surface area contributed by atoms with Crippen LogP contribution in [0, 0.1) is 0 Å². The van der Waals surface area contributed by atoms with E-state index in [-0.39, 0.29) is 5.91 Å². The number of anilines is 1. The summed E-state index contributed by atoms with van der Waals surface area (Å²) in [5, 5.41) is 2.82. The van der Waals surface area contributed by atoms with Crippen LogP contribution in [0.25, 0.3) is 0 Å². The van der Waals surface area contributed by atoms with E-state index in [0.29, 0.717) is 31.0 Å². The Morgan fingerprint density at radius 1 is 1.44 bits per heavy atom. The number of nitrogens with one attached hydrogen (secondary N) is 1. The number of ether oxygens (including phenoxy) is 1. The zero-order valence-electron chi connectivity index (χ0n) is 9.53. The topological polar surface area (TPSA) is 64.3 Å². The maximum Gasteiger partial charge on any atom is 0.224 e. The monoisotopic (exact) mass is 222 g/mol. The normalized spacial score (nSPS) is 9.88. The van der Waals surface area contributed by atoms with Crippen molar-refractivity contribution in [3.63, 3.8) is 0 Å². The molecule has 88 valence electrons. The molecule has 0 spiro atoms. The average molecular weight is 222 g/mol. The fourth-order valence-electron chi connectivity index (χ4n) is 1.30. The Kier molecular flexibility index (Phi) is 5.36. The molecule has 0 saturated heterocycles. The van der Waals surface area contributed by atoms with Crippen molar-refractivity contribution >= 4 is 11.6 Å². The summed E-state index contributed by atoms with van der Waals surface area (Å²) >= 11 is 0. The number of nitrogens with two attached hydrogens (primary N) is 1. The minimum atomic E-state index is 0.00583. The number of benzene rings is 1. The molecular weight excluding hydrogens is 204 g/mol. The lowest BCUT2D eigenvalue weighted by atomic mass is 10.2. The van der Waals surface area contributed by atoms with Crippen LogP contribution in [-0.4, -0.2) is 19.1 Å². The summed E-state index contributed by atoms with van der Waals surface area (Å²) < 4.78 is 5.43. The van der Waals surface area contributed by atoms with Gasteiger partial charge in [0.2, 0.25) is 5.91 Å². The van der Waals surface area contributed by atoms with E-state index in [1.807, 2.05) is 31.2 Å². The highest BCUT2D eigenvalue weighted by atomic mass is 16.5. The number of rotatable bonds is 6. The molecule has 3 N–H and O–H groups in total. The highest BCUT2D eigenvalue weighted by Gasteiger charge is 2.05. The Bertz CT molecular complexity index is 340.